The van der Waals surface area contributed by atoms with Crippen molar-refractivity contribution in [1.82, 2.24) is 19.7 Å². The fraction of sp³-hybridized carbons (Fsp3) is 0.0952. The molecule has 5 heteroatoms. The Balaban J connectivity index is 1.77. The van der Waals surface area contributed by atoms with E-state index in [4.69, 9.17) is 0 Å². The van der Waals surface area contributed by atoms with Crippen LogP contribution < -0.4 is 0 Å². The Morgan fingerprint density at radius 3 is 2.15 bits per heavy atom. The van der Waals surface area contributed by atoms with Crippen LogP contribution in [-0.4, -0.2) is 19.7 Å². The Hall–Kier alpha value is -2.92. The second kappa shape index (κ2) is 7.54. The summed E-state index contributed by atoms with van der Waals surface area (Å²) in [6, 6.07) is 24.6. The molecule has 0 fully saturated rings. The first kappa shape index (κ1) is 16.5. The van der Waals surface area contributed by atoms with E-state index in [9.17, 15) is 0 Å². The monoisotopic (exact) mass is 358 g/mol. The fourth-order valence-electron chi connectivity index (χ4n) is 2.79. The van der Waals surface area contributed by atoms with Crippen molar-refractivity contribution in [3.8, 4) is 17.1 Å². The van der Waals surface area contributed by atoms with Crippen molar-refractivity contribution >= 4 is 11.8 Å². The molecule has 0 radical (unpaired) electrons. The second-order valence-corrected chi connectivity index (χ2v) is 7.19. The predicted octanol–water partition coefficient (Wildman–Crippen LogP) is 5.18. The number of para-hydroxylation sites is 1. The zero-order chi connectivity index (χ0) is 17.8. The van der Waals surface area contributed by atoms with Gasteiger partial charge in [-0.15, -0.1) is 10.2 Å². The number of rotatable bonds is 5. The zero-order valence-electron chi connectivity index (χ0n) is 14.4. The van der Waals surface area contributed by atoms with Crippen LogP contribution in [0, 0.1) is 0 Å². The minimum absolute atomic E-state index is 0.271. The Labute approximate surface area is 157 Å². The van der Waals surface area contributed by atoms with Crippen LogP contribution in [0.25, 0.3) is 17.1 Å². The van der Waals surface area contributed by atoms with Crippen LogP contribution in [0.3, 0.4) is 0 Å². The topological polar surface area (TPSA) is 43.6 Å². The van der Waals surface area contributed by atoms with E-state index in [2.05, 4.69) is 63.1 Å². The van der Waals surface area contributed by atoms with E-state index >= 15 is 0 Å². The SMILES string of the molecule is CC(Sc1nnc(-c2ccncc2)n1-c1ccccc1)c1ccccc1. The van der Waals surface area contributed by atoms with E-state index in [0.29, 0.717) is 0 Å². The largest absolute Gasteiger partial charge is 0.270 e. The number of nitrogens with zero attached hydrogens (tertiary/aromatic N) is 4. The smallest absolute Gasteiger partial charge is 0.196 e. The first-order valence-electron chi connectivity index (χ1n) is 8.46. The summed E-state index contributed by atoms with van der Waals surface area (Å²) >= 11 is 1.71. The molecule has 1 atom stereocenters. The van der Waals surface area contributed by atoms with Crippen molar-refractivity contribution in [2.45, 2.75) is 17.3 Å². The van der Waals surface area contributed by atoms with Crippen LogP contribution in [-0.2, 0) is 0 Å². The van der Waals surface area contributed by atoms with Gasteiger partial charge in [0.05, 0.1) is 0 Å². The highest BCUT2D eigenvalue weighted by atomic mass is 32.2. The predicted molar refractivity (Wildman–Crippen MR) is 105 cm³/mol. The average molecular weight is 358 g/mol. The molecule has 0 spiro atoms. The quantitative estimate of drug-likeness (QED) is 0.461. The van der Waals surface area contributed by atoms with Crippen LogP contribution in [0.5, 0.6) is 0 Å². The highest BCUT2D eigenvalue weighted by molar-refractivity contribution is 7.99. The second-order valence-electron chi connectivity index (χ2n) is 5.88. The Kier molecular flexibility index (Phi) is 4.80. The molecule has 26 heavy (non-hydrogen) atoms. The third-order valence-electron chi connectivity index (χ3n) is 4.14. The molecule has 128 valence electrons. The first-order chi connectivity index (χ1) is 12.8. The van der Waals surface area contributed by atoms with E-state index in [-0.39, 0.29) is 5.25 Å². The van der Waals surface area contributed by atoms with Crippen molar-refractivity contribution in [3.63, 3.8) is 0 Å². The minimum Gasteiger partial charge on any atom is -0.270 e. The van der Waals surface area contributed by atoms with Gasteiger partial charge in [-0.25, -0.2) is 0 Å². The summed E-state index contributed by atoms with van der Waals surface area (Å²) in [6.07, 6.45) is 3.55. The Morgan fingerprint density at radius 1 is 0.808 bits per heavy atom. The van der Waals surface area contributed by atoms with Gasteiger partial charge in [0.15, 0.2) is 11.0 Å². The van der Waals surface area contributed by atoms with Gasteiger partial charge in [-0.05, 0) is 36.8 Å². The molecule has 0 bridgehead atoms. The first-order valence-corrected chi connectivity index (χ1v) is 9.34. The van der Waals surface area contributed by atoms with Crippen LogP contribution in [0.2, 0.25) is 0 Å². The summed E-state index contributed by atoms with van der Waals surface area (Å²) in [4.78, 5) is 4.11. The van der Waals surface area contributed by atoms with Gasteiger partial charge in [-0.2, -0.15) is 0 Å². The molecule has 4 rings (SSSR count). The number of hydrogen-bond donors (Lipinski definition) is 0. The molecule has 1 unspecified atom stereocenters. The molecule has 4 nitrogen and oxygen atoms in total. The fourth-order valence-corrected chi connectivity index (χ4v) is 3.79. The third-order valence-corrected chi connectivity index (χ3v) is 5.24. The summed E-state index contributed by atoms with van der Waals surface area (Å²) in [5, 5.41) is 10.1. The maximum Gasteiger partial charge on any atom is 0.196 e. The molecule has 2 aromatic carbocycles. The van der Waals surface area contributed by atoms with Crippen LogP contribution in [0.4, 0.5) is 0 Å². The lowest BCUT2D eigenvalue weighted by atomic mass is 10.2. The number of benzene rings is 2. The minimum atomic E-state index is 0.271. The van der Waals surface area contributed by atoms with Gasteiger partial charge >= 0.3 is 0 Å². The normalized spacial score (nSPS) is 12.0. The summed E-state index contributed by atoms with van der Waals surface area (Å²) in [6.45, 7) is 2.19. The lowest BCUT2D eigenvalue weighted by Gasteiger charge is -2.14. The van der Waals surface area contributed by atoms with Crippen molar-refractivity contribution in [1.29, 1.82) is 0 Å². The molecule has 0 saturated carbocycles. The summed E-state index contributed by atoms with van der Waals surface area (Å²) in [5.41, 5.74) is 3.31. The van der Waals surface area contributed by atoms with Crippen LogP contribution in [0.1, 0.15) is 17.7 Å². The van der Waals surface area contributed by atoms with E-state index in [1.54, 1.807) is 24.2 Å². The van der Waals surface area contributed by atoms with Gasteiger partial charge in [0, 0.05) is 28.9 Å². The lowest BCUT2D eigenvalue weighted by molar-refractivity contribution is 0.878. The van der Waals surface area contributed by atoms with Gasteiger partial charge < -0.3 is 0 Å². The van der Waals surface area contributed by atoms with Crippen molar-refractivity contribution in [2.24, 2.45) is 0 Å². The summed E-state index contributed by atoms with van der Waals surface area (Å²) in [5.74, 6) is 0.821. The molecule has 0 aliphatic rings. The number of pyridine rings is 1. The molecule has 0 N–H and O–H groups in total. The maximum atomic E-state index is 4.49. The van der Waals surface area contributed by atoms with Crippen molar-refractivity contribution in [2.75, 3.05) is 0 Å². The molecule has 0 saturated heterocycles. The molecule has 4 aromatic rings. The molecule has 0 amide bonds. The maximum absolute atomic E-state index is 4.49. The molecule has 2 aromatic heterocycles. The van der Waals surface area contributed by atoms with Gasteiger partial charge in [-0.3, -0.25) is 9.55 Å². The Bertz CT molecular complexity index is 969. The summed E-state index contributed by atoms with van der Waals surface area (Å²) in [7, 11) is 0. The van der Waals surface area contributed by atoms with Gasteiger partial charge in [0.25, 0.3) is 0 Å². The number of aromatic nitrogens is 4. The van der Waals surface area contributed by atoms with E-state index in [1.165, 1.54) is 5.56 Å². The van der Waals surface area contributed by atoms with Crippen molar-refractivity contribution < 1.29 is 0 Å². The molecule has 0 aliphatic heterocycles. The van der Waals surface area contributed by atoms with Crippen LogP contribution in [0.15, 0.2) is 90.3 Å². The van der Waals surface area contributed by atoms with E-state index in [1.807, 2.05) is 36.4 Å². The molecular weight excluding hydrogens is 340 g/mol. The van der Waals surface area contributed by atoms with Gasteiger partial charge in [-0.1, -0.05) is 60.3 Å². The van der Waals surface area contributed by atoms with Crippen molar-refractivity contribution in [3.05, 3.63) is 90.8 Å². The number of hydrogen-bond acceptors (Lipinski definition) is 4. The van der Waals surface area contributed by atoms with Gasteiger partial charge in [0.1, 0.15) is 0 Å². The summed E-state index contributed by atoms with van der Waals surface area (Å²) < 4.78 is 2.11. The van der Waals surface area contributed by atoms with Gasteiger partial charge in [0.2, 0.25) is 0 Å². The van der Waals surface area contributed by atoms with E-state index < -0.39 is 0 Å². The standard InChI is InChI=1S/C21H18N4S/c1-16(17-8-4-2-5-9-17)26-21-24-23-20(18-12-14-22-15-13-18)25(21)19-10-6-3-7-11-19/h2-16H,1H3. The highest BCUT2D eigenvalue weighted by Crippen LogP contribution is 2.36. The van der Waals surface area contributed by atoms with E-state index in [0.717, 1.165) is 22.2 Å². The number of thioether (sulfide) groups is 1. The third kappa shape index (κ3) is 3.39. The Morgan fingerprint density at radius 2 is 1.46 bits per heavy atom. The molecule has 2 heterocycles. The highest BCUT2D eigenvalue weighted by Gasteiger charge is 2.18. The average Bonchev–Trinajstić information content (AvgIpc) is 3.13. The molecular formula is C21H18N4S. The zero-order valence-corrected chi connectivity index (χ0v) is 15.2. The molecule has 0 aliphatic carbocycles. The lowest BCUT2D eigenvalue weighted by Crippen LogP contribution is -2.00. The van der Waals surface area contributed by atoms with Crippen LogP contribution >= 0.6 is 11.8 Å².